The van der Waals surface area contributed by atoms with Gasteiger partial charge in [0.15, 0.2) is 11.5 Å². The Labute approximate surface area is 146 Å². The van der Waals surface area contributed by atoms with E-state index in [-0.39, 0.29) is 19.2 Å². The highest BCUT2D eigenvalue weighted by atomic mass is 16.7. The smallest absolute Gasteiger partial charge is 0.259 e. The molecule has 0 spiro atoms. The lowest BCUT2D eigenvalue weighted by Crippen LogP contribution is -2.26. The van der Waals surface area contributed by atoms with E-state index < -0.39 is 0 Å². The third-order valence-corrected chi connectivity index (χ3v) is 3.50. The molecule has 0 aromatic heterocycles. The van der Waals surface area contributed by atoms with Crippen molar-refractivity contribution in [1.82, 2.24) is 5.43 Å². The van der Waals surface area contributed by atoms with E-state index >= 15 is 0 Å². The zero-order chi connectivity index (χ0) is 17.5. The Morgan fingerprint density at radius 1 is 1.16 bits per heavy atom. The predicted molar refractivity (Wildman–Crippen MR) is 97.8 cm³/mol. The summed E-state index contributed by atoms with van der Waals surface area (Å²) >= 11 is 0. The molecule has 0 aliphatic carbocycles. The summed E-state index contributed by atoms with van der Waals surface area (Å²) in [5, 5.41) is 7.08. The lowest BCUT2D eigenvalue weighted by molar-refractivity contribution is -0.119. The molecular weight excluding hydrogens is 318 g/mol. The Hall–Kier alpha value is -3.28. The number of nitrogens with one attached hydrogen (secondary N) is 2. The van der Waals surface area contributed by atoms with E-state index in [4.69, 9.17) is 9.47 Å². The van der Waals surface area contributed by atoms with Gasteiger partial charge in [-0.25, -0.2) is 5.43 Å². The van der Waals surface area contributed by atoms with E-state index in [1.54, 1.807) is 0 Å². The van der Waals surface area contributed by atoms with Crippen LogP contribution in [0.1, 0.15) is 12.5 Å². The van der Waals surface area contributed by atoms with Crippen molar-refractivity contribution in [2.45, 2.75) is 6.92 Å². The van der Waals surface area contributed by atoms with E-state index in [0.29, 0.717) is 5.71 Å². The molecule has 0 atom stereocenters. The van der Waals surface area contributed by atoms with Gasteiger partial charge in [-0.1, -0.05) is 30.3 Å². The second kappa shape index (κ2) is 8.01. The van der Waals surface area contributed by atoms with Crippen LogP contribution in [0.5, 0.6) is 11.5 Å². The number of ether oxygens (including phenoxy) is 2. The minimum Gasteiger partial charge on any atom is -0.454 e. The predicted octanol–water partition coefficient (Wildman–Crippen LogP) is 3.03. The molecule has 1 heterocycles. The standard InChI is InChI=1S/C19H19N3O3/c1-14(7-8-15-9-10-17-18(11-15)25-13-24-17)21-22-19(23)12-20-16-5-3-2-4-6-16/h2-11,20H,12-13H2,1H3,(H,22,23). The zero-order valence-corrected chi connectivity index (χ0v) is 13.9. The number of anilines is 1. The lowest BCUT2D eigenvalue weighted by atomic mass is 10.2. The average molecular weight is 337 g/mol. The molecule has 0 unspecified atom stereocenters. The number of hydrogen-bond donors (Lipinski definition) is 2. The van der Waals surface area contributed by atoms with Crippen LogP contribution in [-0.2, 0) is 4.79 Å². The van der Waals surface area contributed by atoms with Crippen LogP contribution in [0.15, 0.2) is 59.7 Å². The highest BCUT2D eigenvalue weighted by molar-refractivity contribution is 5.97. The summed E-state index contributed by atoms with van der Waals surface area (Å²) in [6, 6.07) is 15.2. The first-order chi connectivity index (χ1) is 12.2. The molecule has 6 nitrogen and oxygen atoms in total. The molecule has 3 rings (SSSR count). The van der Waals surface area contributed by atoms with Gasteiger partial charge in [-0.15, -0.1) is 0 Å². The largest absolute Gasteiger partial charge is 0.454 e. The highest BCUT2D eigenvalue weighted by Crippen LogP contribution is 2.32. The molecule has 0 bridgehead atoms. The molecule has 0 radical (unpaired) electrons. The number of carbonyl (C=O) groups is 1. The Morgan fingerprint density at radius 3 is 2.80 bits per heavy atom. The number of hydrazone groups is 1. The van der Waals surface area contributed by atoms with E-state index in [2.05, 4.69) is 15.8 Å². The zero-order valence-electron chi connectivity index (χ0n) is 13.9. The van der Waals surface area contributed by atoms with Gasteiger partial charge in [0, 0.05) is 5.69 Å². The maximum Gasteiger partial charge on any atom is 0.259 e. The number of rotatable bonds is 6. The van der Waals surface area contributed by atoms with Crippen molar-refractivity contribution in [2.75, 3.05) is 18.7 Å². The van der Waals surface area contributed by atoms with Gasteiger partial charge >= 0.3 is 0 Å². The molecule has 1 aliphatic rings. The molecule has 1 aliphatic heterocycles. The second-order valence-electron chi connectivity index (χ2n) is 5.45. The number of allylic oxidation sites excluding steroid dienone is 1. The van der Waals surface area contributed by atoms with Crippen molar-refractivity contribution in [3.8, 4) is 11.5 Å². The first-order valence-electron chi connectivity index (χ1n) is 7.90. The summed E-state index contributed by atoms with van der Waals surface area (Å²) in [5.74, 6) is 1.28. The molecule has 128 valence electrons. The van der Waals surface area contributed by atoms with Crippen LogP contribution in [-0.4, -0.2) is 25.0 Å². The van der Waals surface area contributed by atoms with Crippen LogP contribution in [0.4, 0.5) is 5.69 Å². The van der Waals surface area contributed by atoms with E-state index in [0.717, 1.165) is 22.7 Å². The Kier molecular flexibility index (Phi) is 5.31. The number of carbonyl (C=O) groups excluding carboxylic acids is 1. The quantitative estimate of drug-likeness (QED) is 0.628. The number of amides is 1. The van der Waals surface area contributed by atoms with Crippen LogP contribution in [0.25, 0.3) is 6.08 Å². The van der Waals surface area contributed by atoms with Crippen molar-refractivity contribution < 1.29 is 14.3 Å². The highest BCUT2D eigenvalue weighted by Gasteiger charge is 2.12. The fourth-order valence-corrected chi connectivity index (χ4v) is 2.20. The van der Waals surface area contributed by atoms with E-state index in [9.17, 15) is 4.79 Å². The molecule has 1 amide bonds. The number of nitrogens with zero attached hydrogens (tertiary/aromatic N) is 1. The fraction of sp³-hybridized carbons (Fsp3) is 0.158. The molecule has 2 N–H and O–H groups in total. The van der Waals surface area contributed by atoms with Gasteiger partial charge in [0.2, 0.25) is 6.79 Å². The van der Waals surface area contributed by atoms with Crippen LogP contribution >= 0.6 is 0 Å². The Morgan fingerprint density at radius 2 is 1.96 bits per heavy atom. The molecular formula is C19H19N3O3. The van der Waals surface area contributed by atoms with Gasteiger partial charge in [-0.2, -0.15) is 5.10 Å². The number of para-hydroxylation sites is 1. The first-order valence-corrected chi connectivity index (χ1v) is 7.90. The molecule has 2 aromatic carbocycles. The number of hydrogen-bond acceptors (Lipinski definition) is 5. The average Bonchev–Trinajstić information content (AvgIpc) is 3.11. The molecule has 0 saturated carbocycles. The van der Waals surface area contributed by atoms with Gasteiger partial charge in [0.1, 0.15) is 0 Å². The third-order valence-electron chi connectivity index (χ3n) is 3.50. The molecule has 2 aromatic rings. The van der Waals surface area contributed by atoms with Gasteiger partial charge in [0.25, 0.3) is 5.91 Å². The molecule has 25 heavy (non-hydrogen) atoms. The van der Waals surface area contributed by atoms with Crippen molar-refractivity contribution in [3.63, 3.8) is 0 Å². The van der Waals surface area contributed by atoms with Gasteiger partial charge in [-0.3, -0.25) is 4.79 Å². The first kappa shape index (κ1) is 16.6. The third kappa shape index (κ3) is 4.84. The normalized spacial score (nSPS) is 13.1. The fourth-order valence-electron chi connectivity index (χ4n) is 2.20. The SMILES string of the molecule is CC(C=Cc1ccc2c(c1)OCO2)=NNC(=O)CNc1ccccc1. The molecule has 0 saturated heterocycles. The lowest BCUT2D eigenvalue weighted by Gasteiger charge is -2.04. The van der Waals surface area contributed by atoms with Crippen molar-refractivity contribution in [1.29, 1.82) is 0 Å². The summed E-state index contributed by atoms with van der Waals surface area (Å²) in [7, 11) is 0. The minimum absolute atomic E-state index is 0.159. The van der Waals surface area contributed by atoms with Crippen LogP contribution < -0.4 is 20.2 Å². The Bertz CT molecular complexity index is 801. The van der Waals surface area contributed by atoms with Gasteiger partial charge in [0.05, 0.1) is 12.3 Å². The van der Waals surface area contributed by atoms with E-state index in [1.807, 2.05) is 67.6 Å². The summed E-state index contributed by atoms with van der Waals surface area (Å²) in [4.78, 5) is 11.8. The van der Waals surface area contributed by atoms with Crippen molar-refractivity contribution in [3.05, 3.63) is 60.2 Å². The monoisotopic (exact) mass is 337 g/mol. The second-order valence-corrected chi connectivity index (χ2v) is 5.45. The maximum atomic E-state index is 11.8. The van der Waals surface area contributed by atoms with E-state index in [1.165, 1.54) is 0 Å². The van der Waals surface area contributed by atoms with Crippen molar-refractivity contribution in [2.24, 2.45) is 5.10 Å². The topological polar surface area (TPSA) is 72.0 Å². The Balaban J connectivity index is 1.48. The van der Waals surface area contributed by atoms with Crippen LogP contribution in [0, 0.1) is 0 Å². The summed E-state index contributed by atoms with van der Waals surface area (Å²) < 4.78 is 10.6. The van der Waals surface area contributed by atoms with Gasteiger partial charge < -0.3 is 14.8 Å². The van der Waals surface area contributed by atoms with Crippen LogP contribution in [0.3, 0.4) is 0 Å². The minimum atomic E-state index is -0.209. The number of benzene rings is 2. The van der Waals surface area contributed by atoms with Crippen molar-refractivity contribution >= 4 is 23.4 Å². The number of fused-ring (bicyclic) bond motifs is 1. The summed E-state index contributed by atoms with van der Waals surface area (Å²) in [6.45, 7) is 2.23. The summed E-state index contributed by atoms with van der Waals surface area (Å²) in [5.41, 5.74) is 5.07. The van der Waals surface area contributed by atoms with Gasteiger partial charge in [-0.05, 0) is 42.8 Å². The molecule has 6 heteroatoms. The maximum absolute atomic E-state index is 11.8. The summed E-state index contributed by atoms with van der Waals surface area (Å²) in [6.07, 6.45) is 3.72. The molecule has 0 fully saturated rings. The van der Waals surface area contributed by atoms with Crippen LogP contribution in [0.2, 0.25) is 0 Å².